The number of halogens is 4. The summed E-state index contributed by atoms with van der Waals surface area (Å²) in [5.74, 6) is 0.0184. The van der Waals surface area contributed by atoms with E-state index in [0.717, 1.165) is 4.47 Å². The number of anilines is 1. The number of carbonyl (C=O) groups is 1. The molecule has 2 rings (SSSR count). The Morgan fingerprint density at radius 1 is 1.21 bits per heavy atom. The summed E-state index contributed by atoms with van der Waals surface area (Å²) in [6, 6.07) is 4.94. The van der Waals surface area contributed by atoms with Crippen LogP contribution in [0.25, 0.3) is 0 Å². The van der Waals surface area contributed by atoms with Crippen molar-refractivity contribution in [1.82, 2.24) is 9.97 Å². The molecule has 4 nitrogen and oxygen atoms in total. The lowest BCUT2D eigenvalue weighted by atomic mass is 10.2. The molecule has 0 radical (unpaired) electrons. The molecule has 0 saturated carbocycles. The van der Waals surface area contributed by atoms with Crippen molar-refractivity contribution >= 4 is 71.1 Å². The SMILES string of the molecule is O=C(Nc1ncc(Br)nc1Br)c1cc(Cl)cc(Br)c1. The van der Waals surface area contributed by atoms with E-state index in [4.69, 9.17) is 11.6 Å². The predicted molar refractivity (Wildman–Crippen MR) is 84.5 cm³/mol. The van der Waals surface area contributed by atoms with Gasteiger partial charge in [0.1, 0.15) is 9.21 Å². The summed E-state index contributed by atoms with van der Waals surface area (Å²) in [4.78, 5) is 20.2. The van der Waals surface area contributed by atoms with Gasteiger partial charge in [-0.05, 0) is 50.1 Å². The Labute approximate surface area is 139 Å². The van der Waals surface area contributed by atoms with E-state index in [1.165, 1.54) is 6.20 Å². The lowest BCUT2D eigenvalue weighted by molar-refractivity contribution is 0.102. The molecular weight excluding hydrogens is 465 g/mol. The first kappa shape index (κ1) is 14.9. The second-order valence-electron chi connectivity index (χ2n) is 3.44. The third-order valence-corrected chi connectivity index (χ3v) is 3.67. The van der Waals surface area contributed by atoms with Crippen LogP contribution in [-0.4, -0.2) is 15.9 Å². The van der Waals surface area contributed by atoms with Gasteiger partial charge in [-0.15, -0.1) is 0 Å². The number of benzene rings is 1. The van der Waals surface area contributed by atoms with Crippen LogP contribution in [-0.2, 0) is 0 Å². The average Bonchev–Trinajstić information content (AvgIpc) is 2.31. The zero-order valence-corrected chi connectivity index (χ0v) is 14.6. The highest BCUT2D eigenvalue weighted by molar-refractivity contribution is 9.11. The van der Waals surface area contributed by atoms with Gasteiger partial charge in [-0.3, -0.25) is 4.79 Å². The number of hydrogen-bond acceptors (Lipinski definition) is 3. The molecule has 0 saturated heterocycles. The van der Waals surface area contributed by atoms with Gasteiger partial charge in [0.25, 0.3) is 5.91 Å². The molecule has 8 heteroatoms. The molecule has 0 aliphatic rings. The van der Waals surface area contributed by atoms with Crippen LogP contribution in [0.2, 0.25) is 5.02 Å². The van der Waals surface area contributed by atoms with Crippen molar-refractivity contribution in [2.75, 3.05) is 5.32 Å². The second-order valence-corrected chi connectivity index (χ2v) is 6.36. The summed E-state index contributed by atoms with van der Waals surface area (Å²) in [6.07, 6.45) is 1.49. The molecule has 2 aromatic rings. The van der Waals surface area contributed by atoms with Gasteiger partial charge in [0, 0.05) is 15.1 Å². The lowest BCUT2D eigenvalue weighted by Crippen LogP contribution is -2.13. The van der Waals surface area contributed by atoms with Gasteiger partial charge >= 0.3 is 0 Å². The highest BCUT2D eigenvalue weighted by Gasteiger charge is 2.11. The fraction of sp³-hybridized carbons (Fsp3) is 0. The van der Waals surface area contributed by atoms with E-state index in [9.17, 15) is 4.79 Å². The van der Waals surface area contributed by atoms with Crippen LogP contribution in [0.3, 0.4) is 0 Å². The van der Waals surface area contributed by atoms with Crippen molar-refractivity contribution in [3.8, 4) is 0 Å². The predicted octanol–water partition coefficient (Wildman–Crippen LogP) is 4.67. The summed E-state index contributed by atoms with van der Waals surface area (Å²) in [5.41, 5.74) is 0.427. The molecule has 98 valence electrons. The average molecular weight is 470 g/mol. The minimum atomic E-state index is -0.319. The minimum absolute atomic E-state index is 0.319. The third kappa shape index (κ3) is 3.98. The Balaban J connectivity index is 2.25. The van der Waals surface area contributed by atoms with Crippen molar-refractivity contribution in [3.05, 3.63) is 48.7 Å². The van der Waals surface area contributed by atoms with Crippen LogP contribution >= 0.6 is 59.4 Å². The molecule has 0 fully saturated rings. The summed E-state index contributed by atoms with van der Waals surface area (Å²) < 4.78 is 1.74. The highest BCUT2D eigenvalue weighted by Crippen LogP contribution is 2.22. The van der Waals surface area contributed by atoms with E-state index in [1.807, 2.05) is 0 Å². The zero-order valence-electron chi connectivity index (χ0n) is 9.12. The largest absolute Gasteiger partial charge is 0.304 e. The maximum Gasteiger partial charge on any atom is 0.256 e. The Kier molecular flexibility index (Phi) is 4.94. The molecule has 0 spiro atoms. The molecular formula is C11H5Br3ClN3O. The van der Waals surface area contributed by atoms with Crippen LogP contribution in [0, 0.1) is 0 Å². The van der Waals surface area contributed by atoms with Gasteiger partial charge in [0.2, 0.25) is 0 Å². The van der Waals surface area contributed by atoms with E-state index in [0.29, 0.717) is 25.6 Å². The lowest BCUT2D eigenvalue weighted by Gasteiger charge is -2.06. The molecule has 1 N–H and O–H groups in total. The summed E-state index contributed by atoms with van der Waals surface area (Å²) in [5, 5.41) is 3.12. The quantitative estimate of drug-likeness (QED) is 0.694. The molecule has 0 aliphatic carbocycles. The first-order valence-electron chi connectivity index (χ1n) is 4.91. The van der Waals surface area contributed by atoms with E-state index >= 15 is 0 Å². The standard InChI is InChI=1S/C11H5Br3ClN3O/c12-6-1-5(2-7(15)3-6)11(19)18-10-9(14)17-8(13)4-16-10/h1-4H,(H,16,18,19). The Hall–Kier alpha value is -0.500. The fourth-order valence-electron chi connectivity index (χ4n) is 1.30. The third-order valence-electron chi connectivity index (χ3n) is 2.06. The number of carbonyl (C=O) groups excluding carboxylic acids is 1. The van der Waals surface area contributed by atoms with Crippen LogP contribution in [0.4, 0.5) is 5.82 Å². The summed E-state index contributed by atoms with van der Waals surface area (Å²) in [6.45, 7) is 0. The van der Waals surface area contributed by atoms with E-state index in [1.54, 1.807) is 18.2 Å². The van der Waals surface area contributed by atoms with E-state index < -0.39 is 0 Å². The smallest absolute Gasteiger partial charge is 0.256 e. The second kappa shape index (κ2) is 6.30. The monoisotopic (exact) mass is 467 g/mol. The molecule has 0 aliphatic heterocycles. The van der Waals surface area contributed by atoms with Crippen molar-refractivity contribution in [2.24, 2.45) is 0 Å². The van der Waals surface area contributed by atoms with Gasteiger partial charge in [0.05, 0.1) is 6.20 Å². The molecule has 1 aromatic carbocycles. The van der Waals surface area contributed by atoms with Crippen LogP contribution in [0.15, 0.2) is 38.1 Å². The van der Waals surface area contributed by atoms with Crippen LogP contribution in [0.1, 0.15) is 10.4 Å². The number of aromatic nitrogens is 2. The van der Waals surface area contributed by atoms with E-state index in [-0.39, 0.29) is 5.91 Å². The van der Waals surface area contributed by atoms with Gasteiger partial charge in [-0.2, -0.15) is 0 Å². The summed E-state index contributed by atoms with van der Waals surface area (Å²) in [7, 11) is 0. The number of hydrogen-bond donors (Lipinski definition) is 1. The highest BCUT2D eigenvalue weighted by atomic mass is 79.9. The number of nitrogens with zero attached hydrogens (tertiary/aromatic N) is 2. The topological polar surface area (TPSA) is 54.9 Å². The van der Waals surface area contributed by atoms with Gasteiger partial charge in [-0.1, -0.05) is 27.5 Å². The number of nitrogens with one attached hydrogen (secondary N) is 1. The first-order chi connectivity index (χ1) is 8.95. The fourth-order valence-corrected chi connectivity index (χ4v) is 3.07. The molecule has 1 amide bonds. The van der Waals surface area contributed by atoms with Gasteiger partial charge in [0.15, 0.2) is 5.82 Å². The molecule has 19 heavy (non-hydrogen) atoms. The Morgan fingerprint density at radius 2 is 1.95 bits per heavy atom. The first-order valence-corrected chi connectivity index (χ1v) is 7.67. The van der Waals surface area contributed by atoms with Gasteiger partial charge < -0.3 is 5.32 Å². The van der Waals surface area contributed by atoms with Gasteiger partial charge in [-0.25, -0.2) is 9.97 Å². The Bertz CT molecular complexity index is 631. The maximum atomic E-state index is 12.1. The van der Waals surface area contributed by atoms with Crippen LogP contribution in [0.5, 0.6) is 0 Å². The molecule has 1 aromatic heterocycles. The van der Waals surface area contributed by atoms with Crippen molar-refractivity contribution < 1.29 is 4.79 Å². The number of amides is 1. The zero-order chi connectivity index (χ0) is 14.0. The minimum Gasteiger partial charge on any atom is -0.304 e. The van der Waals surface area contributed by atoms with Crippen molar-refractivity contribution in [3.63, 3.8) is 0 Å². The van der Waals surface area contributed by atoms with Crippen LogP contribution < -0.4 is 5.32 Å². The molecule has 0 atom stereocenters. The Morgan fingerprint density at radius 3 is 2.58 bits per heavy atom. The summed E-state index contributed by atoms with van der Waals surface area (Å²) >= 11 is 15.6. The molecule has 0 bridgehead atoms. The van der Waals surface area contributed by atoms with Crippen molar-refractivity contribution in [1.29, 1.82) is 0 Å². The molecule has 1 heterocycles. The van der Waals surface area contributed by atoms with E-state index in [2.05, 4.69) is 63.1 Å². The maximum absolute atomic E-state index is 12.1. The molecule has 0 unspecified atom stereocenters. The van der Waals surface area contributed by atoms with Crippen molar-refractivity contribution in [2.45, 2.75) is 0 Å². The number of rotatable bonds is 2. The normalized spacial score (nSPS) is 10.3.